The molecule has 1 heterocycles. The van der Waals surface area contributed by atoms with Crippen LogP contribution in [0.25, 0.3) is 0 Å². The van der Waals surface area contributed by atoms with E-state index < -0.39 is 11.8 Å². The first-order chi connectivity index (χ1) is 13.5. The second-order valence-corrected chi connectivity index (χ2v) is 8.51. The van der Waals surface area contributed by atoms with E-state index in [2.05, 4.69) is 10.9 Å². The van der Waals surface area contributed by atoms with Gasteiger partial charge in [0, 0.05) is 33.5 Å². The minimum absolute atomic E-state index is 0.0625. The van der Waals surface area contributed by atoms with E-state index in [1.807, 2.05) is 36.4 Å². The molecule has 146 valence electrons. The summed E-state index contributed by atoms with van der Waals surface area (Å²) in [6.07, 6.45) is 0. The van der Waals surface area contributed by atoms with Crippen molar-refractivity contribution in [2.45, 2.75) is 10.6 Å². The number of hydrogen-bond donors (Lipinski definition) is 2. The van der Waals surface area contributed by atoms with Crippen LogP contribution >= 0.6 is 35.1 Å². The maximum absolute atomic E-state index is 12.1. The second kappa shape index (κ2) is 9.86. The van der Waals surface area contributed by atoms with Crippen molar-refractivity contribution in [3.8, 4) is 0 Å². The molecule has 3 rings (SSSR count). The van der Waals surface area contributed by atoms with Gasteiger partial charge in [0.25, 0.3) is 17.1 Å². The Balaban J connectivity index is 1.44. The van der Waals surface area contributed by atoms with E-state index in [0.29, 0.717) is 22.9 Å². The van der Waals surface area contributed by atoms with Crippen molar-refractivity contribution in [3.05, 3.63) is 64.7 Å². The maximum atomic E-state index is 12.1. The lowest BCUT2D eigenvalue weighted by molar-refractivity contribution is -0.122. The average Bonchev–Trinajstić information content (AvgIpc) is 3.10. The first-order valence-electron chi connectivity index (χ1n) is 8.49. The SMILES string of the molecule is O=C(CN1CCSC1=O)NNC(=O)c1ccc(CSc2ccc(Cl)cc2)cc1. The van der Waals surface area contributed by atoms with Gasteiger partial charge in [-0.15, -0.1) is 11.8 Å². The van der Waals surface area contributed by atoms with Gasteiger partial charge >= 0.3 is 0 Å². The van der Waals surface area contributed by atoms with Crippen LogP contribution in [0.15, 0.2) is 53.4 Å². The van der Waals surface area contributed by atoms with Crippen LogP contribution in [0.5, 0.6) is 0 Å². The number of carbonyl (C=O) groups excluding carboxylic acids is 3. The average molecular weight is 436 g/mol. The van der Waals surface area contributed by atoms with Crippen molar-refractivity contribution < 1.29 is 14.4 Å². The van der Waals surface area contributed by atoms with Crippen molar-refractivity contribution in [3.63, 3.8) is 0 Å². The number of hydrogen-bond acceptors (Lipinski definition) is 5. The highest BCUT2D eigenvalue weighted by Gasteiger charge is 2.23. The zero-order chi connectivity index (χ0) is 19.9. The summed E-state index contributed by atoms with van der Waals surface area (Å²) in [6.45, 7) is 0.479. The maximum Gasteiger partial charge on any atom is 0.282 e. The van der Waals surface area contributed by atoms with E-state index in [-0.39, 0.29) is 11.8 Å². The first kappa shape index (κ1) is 20.6. The van der Waals surface area contributed by atoms with Crippen molar-refractivity contribution in [2.75, 3.05) is 18.8 Å². The van der Waals surface area contributed by atoms with Crippen LogP contribution in [-0.2, 0) is 10.5 Å². The van der Waals surface area contributed by atoms with E-state index in [1.54, 1.807) is 23.9 Å². The molecule has 1 aliphatic heterocycles. The molecule has 3 amide bonds. The lowest BCUT2D eigenvalue weighted by atomic mass is 10.1. The van der Waals surface area contributed by atoms with Crippen LogP contribution in [0, 0.1) is 0 Å². The third kappa shape index (κ3) is 5.92. The minimum Gasteiger partial charge on any atom is -0.323 e. The quantitative estimate of drug-likeness (QED) is 0.535. The van der Waals surface area contributed by atoms with Crippen LogP contribution in [0.4, 0.5) is 4.79 Å². The van der Waals surface area contributed by atoms with Crippen molar-refractivity contribution in [1.82, 2.24) is 15.8 Å². The van der Waals surface area contributed by atoms with E-state index in [0.717, 1.165) is 16.2 Å². The number of benzene rings is 2. The number of hydrazine groups is 1. The van der Waals surface area contributed by atoms with E-state index in [4.69, 9.17) is 11.6 Å². The van der Waals surface area contributed by atoms with Gasteiger partial charge in [0.1, 0.15) is 6.54 Å². The Morgan fingerprint density at radius 1 is 1.07 bits per heavy atom. The lowest BCUT2D eigenvalue weighted by Crippen LogP contribution is -2.46. The molecule has 0 aliphatic carbocycles. The van der Waals surface area contributed by atoms with Crippen molar-refractivity contribution >= 4 is 52.2 Å². The zero-order valence-electron chi connectivity index (χ0n) is 14.8. The number of nitrogens with zero attached hydrogens (tertiary/aromatic N) is 1. The molecule has 6 nitrogen and oxygen atoms in total. The van der Waals surface area contributed by atoms with Gasteiger partial charge < -0.3 is 4.90 Å². The molecule has 9 heteroatoms. The monoisotopic (exact) mass is 435 g/mol. The fourth-order valence-corrected chi connectivity index (χ4v) is 4.24. The molecule has 0 aromatic heterocycles. The van der Waals surface area contributed by atoms with Gasteiger partial charge in [-0.3, -0.25) is 25.2 Å². The molecular weight excluding hydrogens is 418 g/mol. The largest absolute Gasteiger partial charge is 0.323 e. The van der Waals surface area contributed by atoms with Crippen LogP contribution < -0.4 is 10.9 Å². The second-order valence-electron chi connectivity index (χ2n) is 5.98. The standard InChI is InChI=1S/C19H18ClN3O3S2/c20-15-5-7-16(8-6-15)28-12-13-1-3-14(4-2-13)18(25)22-21-17(24)11-23-9-10-27-19(23)26/h1-8H,9-12H2,(H,21,24)(H,22,25). The summed E-state index contributed by atoms with van der Waals surface area (Å²) in [5.74, 6) is 0.607. The molecule has 0 saturated carbocycles. The van der Waals surface area contributed by atoms with Crippen LogP contribution in [0.3, 0.4) is 0 Å². The lowest BCUT2D eigenvalue weighted by Gasteiger charge is -2.14. The molecule has 2 aromatic carbocycles. The highest BCUT2D eigenvalue weighted by atomic mass is 35.5. The Bertz CT molecular complexity index is 860. The third-order valence-electron chi connectivity index (χ3n) is 3.93. The summed E-state index contributed by atoms with van der Waals surface area (Å²) in [5, 5.41) is 0.589. The number of nitrogens with one attached hydrogen (secondary N) is 2. The Hall–Kier alpha value is -2.16. The van der Waals surface area contributed by atoms with Gasteiger partial charge in [-0.25, -0.2) is 0 Å². The number of amides is 3. The molecule has 1 fully saturated rings. The molecule has 0 bridgehead atoms. The van der Waals surface area contributed by atoms with Crippen LogP contribution in [-0.4, -0.2) is 40.8 Å². The molecule has 0 radical (unpaired) electrons. The Morgan fingerprint density at radius 2 is 1.79 bits per heavy atom. The Morgan fingerprint density at radius 3 is 2.43 bits per heavy atom. The molecule has 2 N–H and O–H groups in total. The zero-order valence-corrected chi connectivity index (χ0v) is 17.2. The summed E-state index contributed by atoms with van der Waals surface area (Å²) in [5.41, 5.74) is 6.22. The van der Waals surface area contributed by atoms with Crippen LogP contribution in [0.1, 0.15) is 15.9 Å². The summed E-state index contributed by atoms with van der Waals surface area (Å²) in [7, 11) is 0. The van der Waals surface area contributed by atoms with Gasteiger partial charge in [0.15, 0.2) is 0 Å². The predicted molar refractivity (Wildman–Crippen MR) is 112 cm³/mol. The number of halogens is 1. The molecule has 0 atom stereocenters. The molecule has 0 unspecified atom stereocenters. The minimum atomic E-state index is -0.430. The van der Waals surface area contributed by atoms with E-state index in [9.17, 15) is 14.4 Å². The summed E-state index contributed by atoms with van der Waals surface area (Å²) in [4.78, 5) is 38.0. The Labute approximate surface area is 176 Å². The molecule has 2 aromatic rings. The molecule has 0 spiro atoms. The molecule has 1 saturated heterocycles. The topological polar surface area (TPSA) is 78.5 Å². The van der Waals surface area contributed by atoms with Crippen molar-refractivity contribution in [1.29, 1.82) is 0 Å². The van der Waals surface area contributed by atoms with Gasteiger partial charge in [0.2, 0.25) is 0 Å². The third-order valence-corrected chi connectivity index (χ3v) is 6.16. The fraction of sp³-hybridized carbons (Fsp3) is 0.211. The van der Waals surface area contributed by atoms with Gasteiger partial charge in [0.05, 0.1) is 0 Å². The smallest absolute Gasteiger partial charge is 0.282 e. The number of thioether (sulfide) groups is 2. The van der Waals surface area contributed by atoms with Crippen molar-refractivity contribution in [2.24, 2.45) is 0 Å². The summed E-state index contributed by atoms with van der Waals surface area (Å²) in [6, 6.07) is 14.8. The molecular formula is C19H18ClN3O3S2. The summed E-state index contributed by atoms with van der Waals surface area (Å²) >= 11 is 8.74. The predicted octanol–water partition coefficient (Wildman–Crippen LogP) is 3.56. The normalized spacial score (nSPS) is 13.5. The summed E-state index contributed by atoms with van der Waals surface area (Å²) < 4.78 is 0. The van der Waals surface area contributed by atoms with E-state index >= 15 is 0 Å². The Kier molecular flexibility index (Phi) is 7.24. The van der Waals surface area contributed by atoms with Gasteiger partial charge in [-0.05, 0) is 42.0 Å². The van der Waals surface area contributed by atoms with Gasteiger partial charge in [-0.2, -0.15) is 0 Å². The molecule has 1 aliphatic rings. The van der Waals surface area contributed by atoms with Gasteiger partial charge in [-0.1, -0.05) is 35.5 Å². The fourth-order valence-electron chi connectivity index (χ4n) is 2.43. The van der Waals surface area contributed by atoms with Crippen LogP contribution in [0.2, 0.25) is 5.02 Å². The molecule has 28 heavy (non-hydrogen) atoms. The van der Waals surface area contributed by atoms with E-state index in [1.165, 1.54) is 16.7 Å². The highest BCUT2D eigenvalue weighted by Crippen LogP contribution is 2.24. The number of rotatable bonds is 6. The first-order valence-corrected chi connectivity index (χ1v) is 10.8. The number of carbonyl (C=O) groups is 3. The highest BCUT2D eigenvalue weighted by molar-refractivity contribution is 8.13.